The molecular formula is C14H14FNO2. The van der Waals surface area contributed by atoms with Crippen LogP contribution in [0.5, 0.6) is 5.88 Å². The van der Waals surface area contributed by atoms with Gasteiger partial charge in [-0.05, 0) is 36.8 Å². The average Bonchev–Trinajstić information content (AvgIpc) is 2.40. The smallest absolute Gasteiger partial charge is 0.219 e. The summed E-state index contributed by atoms with van der Waals surface area (Å²) in [5.74, 6) is 0.0685. The van der Waals surface area contributed by atoms with Crippen LogP contribution in [0.4, 0.5) is 4.39 Å². The molecule has 0 saturated heterocycles. The summed E-state index contributed by atoms with van der Waals surface area (Å²) < 4.78 is 18.2. The minimum Gasteiger partial charge on any atom is -0.478 e. The van der Waals surface area contributed by atoms with Gasteiger partial charge < -0.3 is 9.84 Å². The summed E-state index contributed by atoms with van der Waals surface area (Å²) >= 11 is 0. The summed E-state index contributed by atoms with van der Waals surface area (Å²) in [6.45, 7) is 2.32. The van der Waals surface area contributed by atoms with Crippen LogP contribution < -0.4 is 4.74 Å². The number of ether oxygens (including phenoxy) is 1. The molecular weight excluding hydrogens is 233 g/mol. The number of aliphatic hydroxyl groups excluding tert-OH is 1. The molecule has 0 spiro atoms. The maximum atomic E-state index is 12.8. The second-order valence-electron chi connectivity index (χ2n) is 3.78. The zero-order valence-electron chi connectivity index (χ0n) is 10.0. The molecule has 1 unspecified atom stereocenters. The topological polar surface area (TPSA) is 42.4 Å². The van der Waals surface area contributed by atoms with Crippen molar-refractivity contribution in [2.75, 3.05) is 6.61 Å². The third-order valence-corrected chi connectivity index (χ3v) is 2.56. The van der Waals surface area contributed by atoms with E-state index in [1.807, 2.05) is 6.92 Å². The highest BCUT2D eigenvalue weighted by molar-refractivity contribution is 5.35. The molecule has 0 aliphatic rings. The molecule has 1 N–H and O–H groups in total. The summed E-state index contributed by atoms with van der Waals surface area (Å²) in [6.07, 6.45) is 0.729. The van der Waals surface area contributed by atoms with Crippen LogP contribution in [0.1, 0.15) is 24.2 Å². The van der Waals surface area contributed by atoms with Gasteiger partial charge in [0.15, 0.2) is 0 Å². The number of benzene rings is 1. The molecule has 2 rings (SSSR count). The second-order valence-corrected chi connectivity index (χ2v) is 3.78. The number of rotatable bonds is 4. The molecule has 94 valence electrons. The Morgan fingerprint density at radius 2 is 2.00 bits per heavy atom. The fourth-order valence-electron chi connectivity index (χ4n) is 1.69. The Morgan fingerprint density at radius 1 is 1.28 bits per heavy atom. The first kappa shape index (κ1) is 12.5. The Bertz CT molecular complexity index is 513. The fourth-order valence-corrected chi connectivity index (χ4v) is 1.69. The summed E-state index contributed by atoms with van der Waals surface area (Å²) in [5, 5.41) is 10.2. The quantitative estimate of drug-likeness (QED) is 0.903. The molecule has 1 heterocycles. The zero-order chi connectivity index (χ0) is 13.0. The van der Waals surface area contributed by atoms with Gasteiger partial charge in [-0.3, -0.25) is 0 Å². The Balaban J connectivity index is 2.33. The Hall–Kier alpha value is -1.94. The standard InChI is InChI=1S/C14H14FNO2/c1-2-18-14-12(4-3-9-16-14)13(17)10-5-7-11(15)8-6-10/h3-9,13,17H,2H2,1H3. The van der Waals surface area contributed by atoms with Crippen LogP contribution in [0, 0.1) is 5.82 Å². The number of aromatic nitrogens is 1. The van der Waals surface area contributed by atoms with Crippen LogP contribution in [0.3, 0.4) is 0 Å². The van der Waals surface area contributed by atoms with Crippen LogP contribution in [-0.4, -0.2) is 16.7 Å². The first-order valence-corrected chi connectivity index (χ1v) is 5.73. The molecule has 1 aromatic heterocycles. The zero-order valence-corrected chi connectivity index (χ0v) is 10.0. The van der Waals surface area contributed by atoms with Gasteiger partial charge in [-0.15, -0.1) is 0 Å². The van der Waals surface area contributed by atoms with Crippen molar-refractivity contribution in [2.24, 2.45) is 0 Å². The van der Waals surface area contributed by atoms with Crippen LogP contribution in [0.2, 0.25) is 0 Å². The number of hydrogen-bond acceptors (Lipinski definition) is 3. The Kier molecular flexibility index (Phi) is 3.89. The molecule has 0 fully saturated rings. The van der Waals surface area contributed by atoms with E-state index in [1.54, 1.807) is 30.5 Å². The second kappa shape index (κ2) is 5.60. The maximum Gasteiger partial charge on any atom is 0.219 e. The van der Waals surface area contributed by atoms with Gasteiger partial charge in [0.05, 0.1) is 6.61 Å². The average molecular weight is 247 g/mol. The molecule has 0 aliphatic carbocycles. The highest BCUT2D eigenvalue weighted by atomic mass is 19.1. The lowest BCUT2D eigenvalue weighted by Crippen LogP contribution is -2.05. The van der Waals surface area contributed by atoms with E-state index in [1.165, 1.54) is 12.1 Å². The van der Waals surface area contributed by atoms with Gasteiger partial charge in [0.25, 0.3) is 0 Å². The van der Waals surface area contributed by atoms with Crippen molar-refractivity contribution < 1.29 is 14.2 Å². The van der Waals surface area contributed by atoms with Crippen molar-refractivity contribution in [1.29, 1.82) is 0 Å². The van der Waals surface area contributed by atoms with E-state index in [-0.39, 0.29) is 5.82 Å². The van der Waals surface area contributed by atoms with E-state index < -0.39 is 6.10 Å². The Labute approximate surface area is 105 Å². The van der Waals surface area contributed by atoms with Crippen LogP contribution >= 0.6 is 0 Å². The molecule has 1 aromatic carbocycles. The van der Waals surface area contributed by atoms with Crippen LogP contribution in [0.25, 0.3) is 0 Å². The van der Waals surface area contributed by atoms with E-state index in [0.717, 1.165) is 0 Å². The van der Waals surface area contributed by atoms with Gasteiger partial charge in [-0.25, -0.2) is 9.37 Å². The minimum atomic E-state index is -0.874. The molecule has 18 heavy (non-hydrogen) atoms. The molecule has 0 radical (unpaired) electrons. The van der Waals surface area contributed by atoms with E-state index in [4.69, 9.17) is 4.74 Å². The lowest BCUT2D eigenvalue weighted by atomic mass is 10.0. The first-order chi connectivity index (χ1) is 8.72. The van der Waals surface area contributed by atoms with Gasteiger partial charge in [0.1, 0.15) is 11.9 Å². The fraction of sp³-hybridized carbons (Fsp3) is 0.214. The summed E-state index contributed by atoms with van der Waals surface area (Å²) in [6, 6.07) is 9.19. The summed E-state index contributed by atoms with van der Waals surface area (Å²) in [7, 11) is 0. The lowest BCUT2D eigenvalue weighted by Gasteiger charge is -2.14. The predicted molar refractivity (Wildman–Crippen MR) is 65.9 cm³/mol. The molecule has 0 amide bonds. The number of hydrogen-bond donors (Lipinski definition) is 1. The third kappa shape index (κ3) is 2.65. The lowest BCUT2D eigenvalue weighted by molar-refractivity contribution is 0.209. The normalized spacial score (nSPS) is 12.2. The molecule has 0 saturated carbocycles. The number of halogens is 1. The number of pyridine rings is 1. The van der Waals surface area contributed by atoms with Crippen molar-refractivity contribution in [3.8, 4) is 5.88 Å². The van der Waals surface area contributed by atoms with Crippen LogP contribution in [0.15, 0.2) is 42.6 Å². The van der Waals surface area contributed by atoms with Crippen molar-refractivity contribution in [3.05, 3.63) is 59.5 Å². The Morgan fingerprint density at radius 3 is 2.67 bits per heavy atom. The van der Waals surface area contributed by atoms with Gasteiger partial charge in [0.2, 0.25) is 5.88 Å². The van der Waals surface area contributed by atoms with Crippen LogP contribution in [-0.2, 0) is 0 Å². The van der Waals surface area contributed by atoms with Gasteiger partial charge in [-0.2, -0.15) is 0 Å². The molecule has 0 bridgehead atoms. The third-order valence-electron chi connectivity index (χ3n) is 2.56. The van der Waals surface area contributed by atoms with Gasteiger partial charge in [-0.1, -0.05) is 12.1 Å². The first-order valence-electron chi connectivity index (χ1n) is 5.73. The monoisotopic (exact) mass is 247 g/mol. The maximum absolute atomic E-state index is 12.8. The van der Waals surface area contributed by atoms with Gasteiger partial charge in [0, 0.05) is 11.8 Å². The number of nitrogens with zero attached hydrogens (tertiary/aromatic N) is 1. The highest BCUT2D eigenvalue weighted by Crippen LogP contribution is 2.28. The van der Waals surface area contributed by atoms with Crippen molar-refractivity contribution in [2.45, 2.75) is 13.0 Å². The van der Waals surface area contributed by atoms with Gasteiger partial charge >= 0.3 is 0 Å². The number of aliphatic hydroxyl groups is 1. The predicted octanol–water partition coefficient (Wildman–Crippen LogP) is 2.70. The van der Waals surface area contributed by atoms with E-state index in [2.05, 4.69) is 4.98 Å². The van der Waals surface area contributed by atoms with Crippen molar-refractivity contribution >= 4 is 0 Å². The SMILES string of the molecule is CCOc1ncccc1C(O)c1ccc(F)cc1. The molecule has 2 aromatic rings. The van der Waals surface area contributed by atoms with E-state index in [9.17, 15) is 9.50 Å². The summed E-state index contributed by atoms with van der Waals surface area (Å²) in [5.41, 5.74) is 1.18. The van der Waals surface area contributed by atoms with Crippen molar-refractivity contribution in [3.63, 3.8) is 0 Å². The van der Waals surface area contributed by atoms with E-state index >= 15 is 0 Å². The van der Waals surface area contributed by atoms with E-state index in [0.29, 0.717) is 23.6 Å². The molecule has 0 aliphatic heterocycles. The van der Waals surface area contributed by atoms with Crippen molar-refractivity contribution in [1.82, 2.24) is 4.98 Å². The minimum absolute atomic E-state index is 0.331. The molecule has 4 heteroatoms. The summed E-state index contributed by atoms with van der Waals surface area (Å²) in [4.78, 5) is 4.08. The molecule has 3 nitrogen and oxygen atoms in total. The molecule has 1 atom stereocenters. The largest absolute Gasteiger partial charge is 0.478 e. The highest BCUT2D eigenvalue weighted by Gasteiger charge is 2.16.